The lowest BCUT2D eigenvalue weighted by molar-refractivity contribution is -0.117. The van der Waals surface area contributed by atoms with Crippen molar-refractivity contribution in [2.45, 2.75) is 19.4 Å². The molecular weight excluding hydrogens is 483 g/mol. The molecular formula is C24H22Cl2N2O4S. The molecule has 0 aliphatic heterocycles. The highest BCUT2D eigenvalue weighted by Crippen LogP contribution is 2.28. The molecule has 1 N–H and O–H groups in total. The molecule has 0 saturated carbocycles. The average Bonchev–Trinajstić information content (AvgIpc) is 2.77. The normalized spacial score (nSPS) is 12.1. The van der Waals surface area contributed by atoms with E-state index in [-0.39, 0.29) is 29.1 Å². The summed E-state index contributed by atoms with van der Waals surface area (Å²) in [4.78, 5) is 26.4. The second-order valence-corrected chi connectivity index (χ2v) is 10.1. The van der Waals surface area contributed by atoms with E-state index in [4.69, 9.17) is 23.2 Å². The van der Waals surface area contributed by atoms with Crippen LogP contribution in [0.1, 0.15) is 29.3 Å². The fourth-order valence-corrected chi connectivity index (χ4v) is 5.01. The van der Waals surface area contributed by atoms with Gasteiger partial charge in [0.25, 0.3) is 0 Å². The smallest absolute Gasteiger partial charge is 0.248 e. The Morgan fingerprint density at radius 1 is 0.939 bits per heavy atom. The Kier molecular flexibility index (Phi) is 7.79. The lowest BCUT2D eigenvalue weighted by Gasteiger charge is -2.30. The van der Waals surface area contributed by atoms with Crippen molar-refractivity contribution < 1.29 is 18.0 Å². The first kappa shape index (κ1) is 24.8. The van der Waals surface area contributed by atoms with E-state index in [1.807, 2.05) is 0 Å². The number of amides is 1. The first-order valence-corrected chi connectivity index (χ1v) is 12.7. The number of sulfonamides is 1. The Balaban J connectivity index is 1.99. The molecule has 0 unspecified atom stereocenters. The molecule has 0 bridgehead atoms. The van der Waals surface area contributed by atoms with E-state index >= 15 is 0 Å². The van der Waals surface area contributed by atoms with Crippen molar-refractivity contribution >= 4 is 56.3 Å². The van der Waals surface area contributed by atoms with Crippen molar-refractivity contribution in [1.29, 1.82) is 0 Å². The molecule has 0 saturated heterocycles. The van der Waals surface area contributed by atoms with E-state index in [0.717, 1.165) is 10.6 Å². The number of benzene rings is 3. The zero-order valence-electron chi connectivity index (χ0n) is 18.0. The Morgan fingerprint density at radius 2 is 1.61 bits per heavy atom. The number of halogens is 2. The highest BCUT2D eigenvalue weighted by atomic mass is 35.5. The van der Waals surface area contributed by atoms with E-state index in [2.05, 4.69) is 5.32 Å². The standard InChI is InChI=1S/C24H22Cl2N2O4S/c1-3-22(28(33(2,31)32)19-11-7-10-17(25)14-19)24(30)27-21-13-12-18(26)15-20(21)23(29)16-8-5-4-6-9-16/h4-15,22H,3H2,1-2H3,(H,27,30)/t22-/m1/s1. The first-order valence-electron chi connectivity index (χ1n) is 10.1. The summed E-state index contributed by atoms with van der Waals surface area (Å²) in [6.45, 7) is 1.70. The second kappa shape index (κ2) is 10.4. The lowest BCUT2D eigenvalue weighted by Crippen LogP contribution is -2.47. The van der Waals surface area contributed by atoms with E-state index in [1.54, 1.807) is 61.5 Å². The molecule has 0 aliphatic carbocycles. The summed E-state index contributed by atoms with van der Waals surface area (Å²) in [5.74, 6) is -0.913. The van der Waals surface area contributed by atoms with Gasteiger partial charge in [0, 0.05) is 21.2 Å². The summed E-state index contributed by atoms with van der Waals surface area (Å²) in [5, 5.41) is 3.39. The fourth-order valence-electron chi connectivity index (χ4n) is 3.45. The van der Waals surface area contributed by atoms with Gasteiger partial charge in [0.1, 0.15) is 6.04 Å². The van der Waals surface area contributed by atoms with Gasteiger partial charge in [-0.1, -0.05) is 66.5 Å². The zero-order chi connectivity index (χ0) is 24.2. The maximum atomic E-state index is 13.3. The molecule has 3 aromatic carbocycles. The van der Waals surface area contributed by atoms with Crippen molar-refractivity contribution in [3.05, 3.63) is 94.0 Å². The minimum atomic E-state index is -3.83. The molecule has 0 heterocycles. The SMILES string of the molecule is CC[C@H](C(=O)Nc1ccc(Cl)cc1C(=O)c1ccccc1)N(c1cccc(Cl)c1)S(C)(=O)=O. The molecule has 0 radical (unpaired) electrons. The van der Waals surface area contributed by atoms with Crippen molar-refractivity contribution in [3.63, 3.8) is 0 Å². The molecule has 9 heteroatoms. The summed E-state index contributed by atoms with van der Waals surface area (Å²) in [6, 6.07) is 18.3. The molecule has 0 aromatic heterocycles. The number of carbonyl (C=O) groups is 2. The van der Waals surface area contributed by atoms with Crippen LogP contribution in [0.4, 0.5) is 11.4 Å². The monoisotopic (exact) mass is 504 g/mol. The molecule has 3 rings (SSSR count). The van der Waals surface area contributed by atoms with Crippen LogP contribution in [0.2, 0.25) is 10.0 Å². The number of rotatable bonds is 8. The molecule has 0 aliphatic rings. The van der Waals surface area contributed by atoms with Gasteiger partial charge in [-0.15, -0.1) is 0 Å². The highest BCUT2D eigenvalue weighted by molar-refractivity contribution is 7.92. The van der Waals surface area contributed by atoms with E-state index in [1.165, 1.54) is 18.2 Å². The maximum Gasteiger partial charge on any atom is 0.248 e. The molecule has 0 fully saturated rings. The quantitative estimate of drug-likeness (QED) is 0.415. The van der Waals surface area contributed by atoms with Crippen molar-refractivity contribution in [2.24, 2.45) is 0 Å². The van der Waals surface area contributed by atoms with Crippen LogP contribution in [-0.2, 0) is 14.8 Å². The number of nitrogens with zero attached hydrogens (tertiary/aromatic N) is 1. The van der Waals surface area contributed by atoms with Crippen molar-refractivity contribution in [3.8, 4) is 0 Å². The van der Waals surface area contributed by atoms with E-state index < -0.39 is 22.0 Å². The third-order valence-corrected chi connectivity index (χ3v) is 6.56. The predicted octanol–water partition coefficient (Wildman–Crippen LogP) is 5.41. The van der Waals surface area contributed by atoms with Crippen LogP contribution in [0.15, 0.2) is 72.8 Å². The molecule has 172 valence electrons. The zero-order valence-corrected chi connectivity index (χ0v) is 20.3. The van der Waals surface area contributed by atoms with Gasteiger partial charge >= 0.3 is 0 Å². The van der Waals surface area contributed by atoms with Crippen LogP contribution < -0.4 is 9.62 Å². The van der Waals surface area contributed by atoms with Gasteiger partial charge in [-0.2, -0.15) is 0 Å². The van der Waals surface area contributed by atoms with Crippen LogP contribution in [0.25, 0.3) is 0 Å². The number of ketones is 1. The number of carbonyl (C=O) groups excluding carboxylic acids is 2. The van der Waals surface area contributed by atoms with E-state index in [9.17, 15) is 18.0 Å². The predicted molar refractivity (Wildman–Crippen MR) is 133 cm³/mol. The van der Waals surface area contributed by atoms with Crippen LogP contribution in [0.5, 0.6) is 0 Å². The van der Waals surface area contributed by atoms with Crippen molar-refractivity contribution in [1.82, 2.24) is 0 Å². The highest BCUT2D eigenvalue weighted by Gasteiger charge is 2.32. The summed E-state index contributed by atoms with van der Waals surface area (Å²) >= 11 is 12.2. The van der Waals surface area contributed by atoms with Gasteiger partial charge in [0.05, 0.1) is 17.6 Å². The fraction of sp³-hybridized carbons (Fsp3) is 0.167. The minimum absolute atomic E-state index is 0.182. The van der Waals surface area contributed by atoms with Crippen LogP contribution >= 0.6 is 23.2 Å². The van der Waals surface area contributed by atoms with E-state index in [0.29, 0.717) is 15.6 Å². The third-order valence-electron chi connectivity index (χ3n) is 4.91. The van der Waals surface area contributed by atoms with Gasteiger partial charge in [-0.25, -0.2) is 8.42 Å². The summed E-state index contributed by atoms with van der Waals surface area (Å²) < 4.78 is 26.3. The van der Waals surface area contributed by atoms with Crippen molar-refractivity contribution in [2.75, 3.05) is 15.9 Å². The Morgan fingerprint density at radius 3 is 2.21 bits per heavy atom. The largest absolute Gasteiger partial charge is 0.324 e. The molecule has 0 spiro atoms. The average molecular weight is 505 g/mol. The second-order valence-electron chi connectivity index (χ2n) is 7.34. The maximum absolute atomic E-state index is 13.3. The Labute approximate surface area is 203 Å². The minimum Gasteiger partial charge on any atom is -0.324 e. The number of hydrogen-bond acceptors (Lipinski definition) is 4. The van der Waals surface area contributed by atoms with Crippen LogP contribution in [0, 0.1) is 0 Å². The molecule has 33 heavy (non-hydrogen) atoms. The lowest BCUT2D eigenvalue weighted by atomic mass is 10.0. The van der Waals surface area contributed by atoms with Gasteiger partial charge in [0.2, 0.25) is 15.9 Å². The summed E-state index contributed by atoms with van der Waals surface area (Å²) in [7, 11) is -3.83. The first-order chi connectivity index (χ1) is 15.6. The van der Waals surface area contributed by atoms with Gasteiger partial charge in [-0.05, 0) is 42.8 Å². The Hall–Kier alpha value is -2.87. The molecule has 1 amide bonds. The summed E-state index contributed by atoms with van der Waals surface area (Å²) in [5.41, 5.74) is 1.13. The number of anilines is 2. The van der Waals surface area contributed by atoms with Gasteiger partial charge in [0.15, 0.2) is 5.78 Å². The number of hydrogen-bond donors (Lipinski definition) is 1. The van der Waals surface area contributed by atoms with Crippen LogP contribution in [-0.4, -0.2) is 32.4 Å². The van der Waals surface area contributed by atoms with Gasteiger partial charge in [-0.3, -0.25) is 13.9 Å². The summed E-state index contributed by atoms with van der Waals surface area (Å²) in [6.07, 6.45) is 1.21. The molecule has 6 nitrogen and oxygen atoms in total. The Bertz CT molecular complexity index is 1280. The molecule has 3 aromatic rings. The van der Waals surface area contributed by atoms with Crippen LogP contribution in [0.3, 0.4) is 0 Å². The number of nitrogens with one attached hydrogen (secondary N) is 1. The van der Waals surface area contributed by atoms with Gasteiger partial charge < -0.3 is 5.32 Å². The topological polar surface area (TPSA) is 83.6 Å². The third kappa shape index (κ3) is 5.93. The molecule has 1 atom stereocenters.